The predicted molar refractivity (Wildman–Crippen MR) is 42.9 cm³/mol. The largest absolute Gasteiger partial charge is 0.373 e. The van der Waals surface area contributed by atoms with E-state index in [0.717, 1.165) is 30.6 Å². The van der Waals surface area contributed by atoms with Gasteiger partial charge in [-0.3, -0.25) is 0 Å². The van der Waals surface area contributed by atoms with Crippen LogP contribution in [0.3, 0.4) is 0 Å². The molecular formula is C9H14O. The van der Waals surface area contributed by atoms with Gasteiger partial charge in [0, 0.05) is 0 Å². The third kappa shape index (κ3) is 2.36. The monoisotopic (exact) mass is 138 g/mol. The molecule has 1 fully saturated rings. The molecule has 1 aliphatic heterocycles. The Morgan fingerprint density at radius 1 is 1.60 bits per heavy atom. The minimum atomic E-state index is 0.524. The van der Waals surface area contributed by atoms with Crippen molar-refractivity contribution in [1.29, 1.82) is 0 Å². The van der Waals surface area contributed by atoms with Crippen molar-refractivity contribution in [1.82, 2.24) is 0 Å². The van der Waals surface area contributed by atoms with Gasteiger partial charge in [-0.15, -0.1) is 0 Å². The number of hydrogen-bond donors (Lipinski definition) is 0. The summed E-state index contributed by atoms with van der Waals surface area (Å²) >= 11 is 0. The molecule has 0 saturated carbocycles. The maximum atomic E-state index is 5.07. The highest BCUT2D eigenvalue weighted by Gasteiger charge is 2.21. The van der Waals surface area contributed by atoms with Crippen LogP contribution in [0.25, 0.3) is 0 Å². The summed E-state index contributed by atoms with van der Waals surface area (Å²) in [4.78, 5) is 0. The average Bonchev–Trinajstić information content (AvgIpc) is 2.64. The Kier molecular flexibility index (Phi) is 2.28. The van der Waals surface area contributed by atoms with Gasteiger partial charge in [-0.05, 0) is 19.8 Å². The van der Waals surface area contributed by atoms with Gasteiger partial charge < -0.3 is 4.74 Å². The zero-order valence-electron chi connectivity index (χ0n) is 6.52. The molecule has 0 aromatic rings. The quantitative estimate of drug-likeness (QED) is 0.429. The first-order valence-corrected chi connectivity index (χ1v) is 3.65. The normalized spacial score (nSPS) is 22.3. The highest BCUT2D eigenvalue weighted by molar-refractivity contribution is 5.22. The standard InChI is InChI=1S/C9H14O/c1-7(2)8(3)4-5-9-6-10-9/h9H,1,3-6H2,2H3. The van der Waals surface area contributed by atoms with Crippen molar-refractivity contribution in [3.63, 3.8) is 0 Å². The van der Waals surface area contributed by atoms with Crippen molar-refractivity contribution in [2.75, 3.05) is 6.61 Å². The maximum absolute atomic E-state index is 5.07. The lowest BCUT2D eigenvalue weighted by atomic mass is 10.1. The van der Waals surface area contributed by atoms with Crippen molar-refractivity contribution in [3.05, 3.63) is 24.3 Å². The van der Waals surface area contributed by atoms with Crippen molar-refractivity contribution in [2.24, 2.45) is 0 Å². The smallest absolute Gasteiger partial charge is 0.0813 e. The van der Waals surface area contributed by atoms with E-state index < -0.39 is 0 Å². The number of hydrogen-bond acceptors (Lipinski definition) is 1. The van der Waals surface area contributed by atoms with E-state index in [1.807, 2.05) is 6.92 Å². The Morgan fingerprint density at radius 2 is 2.20 bits per heavy atom. The highest BCUT2D eigenvalue weighted by Crippen LogP contribution is 2.20. The van der Waals surface area contributed by atoms with Gasteiger partial charge in [0.25, 0.3) is 0 Å². The van der Waals surface area contributed by atoms with Crippen molar-refractivity contribution in [3.8, 4) is 0 Å². The third-order valence-corrected chi connectivity index (χ3v) is 1.77. The molecule has 1 nitrogen and oxygen atoms in total. The van der Waals surface area contributed by atoms with Crippen LogP contribution in [0.2, 0.25) is 0 Å². The SMILES string of the molecule is C=C(C)C(=C)CCC1CO1. The van der Waals surface area contributed by atoms with Gasteiger partial charge in [0.05, 0.1) is 12.7 Å². The topological polar surface area (TPSA) is 12.5 Å². The zero-order chi connectivity index (χ0) is 7.56. The summed E-state index contributed by atoms with van der Waals surface area (Å²) in [7, 11) is 0. The molecule has 0 radical (unpaired) electrons. The van der Waals surface area contributed by atoms with E-state index in [-0.39, 0.29) is 0 Å². The molecule has 0 amide bonds. The molecule has 1 heterocycles. The van der Waals surface area contributed by atoms with Crippen LogP contribution in [-0.4, -0.2) is 12.7 Å². The molecule has 1 saturated heterocycles. The van der Waals surface area contributed by atoms with Crippen LogP contribution in [0.4, 0.5) is 0 Å². The summed E-state index contributed by atoms with van der Waals surface area (Å²) in [5, 5.41) is 0. The second-order valence-electron chi connectivity index (χ2n) is 2.88. The predicted octanol–water partition coefficient (Wildman–Crippen LogP) is 2.30. The fourth-order valence-corrected chi connectivity index (χ4v) is 0.783. The Labute approximate surface area is 62.4 Å². The van der Waals surface area contributed by atoms with Gasteiger partial charge in [-0.1, -0.05) is 24.3 Å². The van der Waals surface area contributed by atoms with Gasteiger partial charge >= 0.3 is 0 Å². The molecule has 0 aromatic carbocycles. The fraction of sp³-hybridized carbons (Fsp3) is 0.556. The summed E-state index contributed by atoms with van der Waals surface area (Å²) in [5.74, 6) is 0. The maximum Gasteiger partial charge on any atom is 0.0813 e. The number of ether oxygens (including phenoxy) is 1. The first-order chi connectivity index (χ1) is 4.70. The Balaban J connectivity index is 2.11. The van der Waals surface area contributed by atoms with Crippen LogP contribution in [0.1, 0.15) is 19.8 Å². The van der Waals surface area contributed by atoms with Crippen molar-refractivity contribution >= 4 is 0 Å². The summed E-state index contributed by atoms with van der Waals surface area (Å²) in [6, 6.07) is 0. The van der Waals surface area contributed by atoms with E-state index in [1.54, 1.807) is 0 Å². The van der Waals surface area contributed by atoms with Crippen molar-refractivity contribution < 1.29 is 4.74 Å². The van der Waals surface area contributed by atoms with Gasteiger partial charge in [0.1, 0.15) is 0 Å². The first-order valence-electron chi connectivity index (χ1n) is 3.65. The Bertz CT molecular complexity index is 154. The molecule has 10 heavy (non-hydrogen) atoms. The highest BCUT2D eigenvalue weighted by atomic mass is 16.6. The number of rotatable bonds is 4. The van der Waals surface area contributed by atoms with Gasteiger partial charge in [0.2, 0.25) is 0 Å². The second-order valence-corrected chi connectivity index (χ2v) is 2.88. The zero-order valence-corrected chi connectivity index (χ0v) is 6.52. The van der Waals surface area contributed by atoms with Crippen LogP contribution in [0.5, 0.6) is 0 Å². The van der Waals surface area contributed by atoms with E-state index in [0.29, 0.717) is 6.10 Å². The lowest BCUT2D eigenvalue weighted by molar-refractivity contribution is 0.397. The van der Waals surface area contributed by atoms with Crippen LogP contribution in [0, 0.1) is 0 Å². The van der Waals surface area contributed by atoms with Crippen LogP contribution in [-0.2, 0) is 4.74 Å². The summed E-state index contributed by atoms with van der Waals surface area (Å²) in [6.45, 7) is 10.7. The minimum absolute atomic E-state index is 0.524. The molecule has 1 heteroatoms. The Morgan fingerprint density at radius 3 is 2.60 bits per heavy atom. The summed E-state index contributed by atoms with van der Waals surface area (Å²) < 4.78 is 5.07. The van der Waals surface area contributed by atoms with Crippen molar-refractivity contribution in [2.45, 2.75) is 25.9 Å². The van der Waals surface area contributed by atoms with Gasteiger partial charge in [-0.25, -0.2) is 0 Å². The fourth-order valence-electron chi connectivity index (χ4n) is 0.783. The van der Waals surface area contributed by atoms with E-state index in [4.69, 9.17) is 4.74 Å². The molecule has 0 bridgehead atoms. The molecule has 0 aromatic heterocycles. The molecule has 0 N–H and O–H groups in total. The summed E-state index contributed by atoms with van der Waals surface area (Å²) in [6.07, 6.45) is 2.68. The van der Waals surface area contributed by atoms with E-state index >= 15 is 0 Å². The van der Waals surface area contributed by atoms with Gasteiger partial charge in [-0.2, -0.15) is 0 Å². The molecule has 1 unspecified atom stereocenters. The summed E-state index contributed by atoms with van der Waals surface area (Å²) in [5.41, 5.74) is 2.26. The molecule has 1 atom stereocenters. The first kappa shape index (κ1) is 7.55. The van der Waals surface area contributed by atoms with E-state index in [1.165, 1.54) is 0 Å². The molecule has 56 valence electrons. The third-order valence-electron chi connectivity index (χ3n) is 1.77. The van der Waals surface area contributed by atoms with Crippen LogP contribution in [0.15, 0.2) is 24.3 Å². The molecule has 0 spiro atoms. The molecule has 0 aliphatic carbocycles. The average molecular weight is 138 g/mol. The van der Waals surface area contributed by atoms with Crippen LogP contribution >= 0.6 is 0 Å². The van der Waals surface area contributed by atoms with Gasteiger partial charge in [0.15, 0.2) is 0 Å². The lowest BCUT2D eigenvalue weighted by Crippen LogP contribution is -1.88. The second kappa shape index (κ2) is 3.02. The van der Waals surface area contributed by atoms with E-state index in [9.17, 15) is 0 Å². The molecule has 1 aliphatic rings. The molecular weight excluding hydrogens is 124 g/mol. The van der Waals surface area contributed by atoms with E-state index in [2.05, 4.69) is 13.2 Å². The van der Waals surface area contributed by atoms with Crippen LogP contribution < -0.4 is 0 Å². The number of epoxide rings is 1. The lowest BCUT2D eigenvalue weighted by Gasteiger charge is -2.00. The number of allylic oxidation sites excluding steroid dienone is 2. The molecule has 1 rings (SSSR count). The minimum Gasteiger partial charge on any atom is -0.373 e. The Hall–Kier alpha value is -0.560.